The average molecular weight is 202 g/mol. The molecule has 0 heterocycles. The summed E-state index contributed by atoms with van der Waals surface area (Å²) in [6.07, 6.45) is -0.336. The fourth-order valence-electron chi connectivity index (χ4n) is 1.01. The molecule has 14 heavy (non-hydrogen) atoms. The van der Waals surface area contributed by atoms with E-state index >= 15 is 0 Å². The number of carboxylic acids is 1. The molecular weight excluding hydrogens is 194 g/mol. The van der Waals surface area contributed by atoms with Gasteiger partial charge in [0.2, 0.25) is 0 Å². The fraction of sp³-hybridized carbons (Fsp3) is 0.222. The average Bonchev–Trinajstić information content (AvgIpc) is 2.09. The van der Waals surface area contributed by atoms with E-state index in [0.29, 0.717) is 6.07 Å². The highest BCUT2D eigenvalue weighted by Crippen LogP contribution is 2.21. The van der Waals surface area contributed by atoms with Crippen LogP contribution in [-0.2, 0) is 11.2 Å². The monoisotopic (exact) mass is 202 g/mol. The minimum atomic E-state index is -1.08. The number of phenolic OH excluding ortho intramolecular Hbond substituents is 1. The molecule has 2 N–H and O–H groups in total. The molecule has 0 aliphatic rings. The Morgan fingerprint density at radius 1 is 1.29 bits per heavy atom. The molecule has 1 aromatic rings. The standard InChI is InChI=1S/C9H8F2O3/c10-6-4-7(11)8(12)3-5(6)1-2-9(13)14/h3-4,12H,1-2H2,(H,13,14). The Morgan fingerprint density at radius 3 is 2.50 bits per heavy atom. The van der Waals surface area contributed by atoms with Gasteiger partial charge < -0.3 is 10.2 Å². The maximum Gasteiger partial charge on any atom is 0.303 e. The second-order valence-electron chi connectivity index (χ2n) is 2.79. The molecule has 1 aromatic carbocycles. The molecule has 0 aliphatic heterocycles. The third-order valence-corrected chi connectivity index (χ3v) is 1.72. The zero-order valence-electron chi connectivity index (χ0n) is 7.13. The minimum absolute atomic E-state index is 0.00806. The molecule has 1 rings (SSSR count). The molecular formula is C9H8F2O3. The number of benzene rings is 1. The number of carbonyl (C=O) groups is 1. The normalized spacial score (nSPS) is 10.1. The van der Waals surface area contributed by atoms with Gasteiger partial charge in [0.15, 0.2) is 11.6 Å². The lowest BCUT2D eigenvalue weighted by Gasteiger charge is -2.02. The van der Waals surface area contributed by atoms with Crippen molar-refractivity contribution in [3.63, 3.8) is 0 Å². The number of hydrogen-bond donors (Lipinski definition) is 2. The quantitative estimate of drug-likeness (QED) is 0.784. The Morgan fingerprint density at radius 2 is 1.93 bits per heavy atom. The summed E-state index contributed by atoms with van der Waals surface area (Å²) in [6.45, 7) is 0. The number of rotatable bonds is 3. The van der Waals surface area contributed by atoms with Gasteiger partial charge in [-0.2, -0.15) is 0 Å². The Bertz CT molecular complexity index is 363. The van der Waals surface area contributed by atoms with E-state index in [1.165, 1.54) is 0 Å². The van der Waals surface area contributed by atoms with Crippen molar-refractivity contribution in [3.8, 4) is 5.75 Å². The molecule has 76 valence electrons. The second kappa shape index (κ2) is 4.04. The van der Waals surface area contributed by atoms with Crippen LogP contribution in [0.4, 0.5) is 8.78 Å². The topological polar surface area (TPSA) is 57.5 Å². The van der Waals surface area contributed by atoms with E-state index < -0.39 is 23.4 Å². The van der Waals surface area contributed by atoms with E-state index in [1.807, 2.05) is 0 Å². The van der Waals surface area contributed by atoms with Gasteiger partial charge in [-0.25, -0.2) is 8.78 Å². The molecule has 0 amide bonds. The molecule has 0 saturated heterocycles. The van der Waals surface area contributed by atoms with E-state index in [2.05, 4.69) is 0 Å². The molecule has 0 spiro atoms. The number of phenols is 1. The van der Waals surface area contributed by atoms with Crippen molar-refractivity contribution in [2.45, 2.75) is 12.8 Å². The van der Waals surface area contributed by atoms with Crippen LogP contribution in [0.25, 0.3) is 0 Å². The van der Waals surface area contributed by atoms with Crippen LogP contribution in [0.1, 0.15) is 12.0 Å². The van der Waals surface area contributed by atoms with Crippen LogP contribution in [0.2, 0.25) is 0 Å². The summed E-state index contributed by atoms with van der Waals surface area (Å²) < 4.78 is 25.5. The first-order chi connectivity index (χ1) is 6.50. The van der Waals surface area contributed by atoms with Gasteiger partial charge in [-0.05, 0) is 18.1 Å². The van der Waals surface area contributed by atoms with Gasteiger partial charge in [0.1, 0.15) is 5.82 Å². The number of halogens is 2. The summed E-state index contributed by atoms with van der Waals surface area (Å²) in [6, 6.07) is 1.43. The molecule has 0 aromatic heterocycles. The van der Waals surface area contributed by atoms with Crippen molar-refractivity contribution in [1.82, 2.24) is 0 Å². The molecule has 5 heteroatoms. The van der Waals surface area contributed by atoms with Crippen molar-refractivity contribution >= 4 is 5.97 Å². The van der Waals surface area contributed by atoms with E-state index in [4.69, 9.17) is 10.2 Å². The van der Waals surface area contributed by atoms with Crippen molar-refractivity contribution in [2.75, 3.05) is 0 Å². The number of hydrogen-bond acceptors (Lipinski definition) is 2. The first-order valence-corrected chi connectivity index (χ1v) is 3.89. The molecule has 0 bridgehead atoms. The van der Waals surface area contributed by atoms with Crippen LogP contribution >= 0.6 is 0 Å². The van der Waals surface area contributed by atoms with Crippen molar-refractivity contribution in [2.24, 2.45) is 0 Å². The highest BCUT2D eigenvalue weighted by Gasteiger charge is 2.10. The summed E-state index contributed by atoms with van der Waals surface area (Å²) in [5.41, 5.74) is -0.00806. The van der Waals surface area contributed by atoms with E-state index in [0.717, 1.165) is 6.07 Å². The lowest BCUT2D eigenvalue weighted by molar-refractivity contribution is -0.136. The van der Waals surface area contributed by atoms with Gasteiger partial charge in [0, 0.05) is 12.5 Å². The maximum absolute atomic E-state index is 12.9. The third-order valence-electron chi connectivity index (χ3n) is 1.72. The largest absolute Gasteiger partial charge is 0.505 e. The molecule has 0 saturated carbocycles. The van der Waals surface area contributed by atoms with Gasteiger partial charge in [0.05, 0.1) is 0 Å². The lowest BCUT2D eigenvalue weighted by atomic mass is 10.1. The zero-order valence-corrected chi connectivity index (χ0v) is 7.13. The first kappa shape index (κ1) is 10.4. The zero-order chi connectivity index (χ0) is 10.7. The van der Waals surface area contributed by atoms with E-state index in [9.17, 15) is 13.6 Å². The van der Waals surface area contributed by atoms with Gasteiger partial charge in [-0.1, -0.05) is 0 Å². The molecule has 0 atom stereocenters. The van der Waals surface area contributed by atoms with Crippen LogP contribution in [-0.4, -0.2) is 16.2 Å². The van der Waals surface area contributed by atoms with Crippen molar-refractivity contribution in [1.29, 1.82) is 0 Å². The molecule has 0 unspecified atom stereocenters. The van der Waals surface area contributed by atoms with E-state index in [1.54, 1.807) is 0 Å². The van der Waals surface area contributed by atoms with Crippen LogP contribution in [0.3, 0.4) is 0 Å². The van der Waals surface area contributed by atoms with Crippen LogP contribution in [0, 0.1) is 11.6 Å². The smallest absolute Gasteiger partial charge is 0.303 e. The van der Waals surface area contributed by atoms with Gasteiger partial charge >= 0.3 is 5.97 Å². The number of aromatic hydroxyl groups is 1. The third kappa shape index (κ3) is 2.42. The lowest BCUT2D eigenvalue weighted by Crippen LogP contribution is -1.99. The highest BCUT2D eigenvalue weighted by molar-refractivity contribution is 5.67. The first-order valence-electron chi connectivity index (χ1n) is 3.89. The molecule has 0 aliphatic carbocycles. The van der Waals surface area contributed by atoms with Crippen molar-refractivity contribution in [3.05, 3.63) is 29.3 Å². The summed E-state index contributed by atoms with van der Waals surface area (Å²) in [4.78, 5) is 10.2. The van der Waals surface area contributed by atoms with E-state index in [-0.39, 0.29) is 18.4 Å². The second-order valence-corrected chi connectivity index (χ2v) is 2.79. The van der Waals surface area contributed by atoms with Crippen LogP contribution < -0.4 is 0 Å². The fourth-order valence-corrected chi connectivity index (χ4v) is 1.01. The van der Waals surface area contributed by atoms with Crippen LogP contribution in [0.15, 0.2) is 12.1 Å². The molecule has 3 nitrogen and oxygen atoms in total. The summed E-state index contributed by atoms with van der Waals surface area (Å²) in [7, 11) is 0. The summed E-state index contributed by atoms with van der Waals surface area (Å²) in [5.74, 6) is -3.65. The summed E-state index contributed by atoms with van der Waals surface area (Å²) in [5, 5.41) is 17.2. The van der Waals surface area contributed by atoms with Gasteiger partial charge in [0.25, 0.3) is 0 Å². The highest BCUT2D eigenvalue weighted by atomic mass is 19.1. The van der Waals surface area contributed by atoms with Crippen LogP contribution in [0.5, 0.6) is 5.75 Å². The SMILES string of the molecule is O=C(O)CCc1cc(O)c(F)cc1F. The predicted molar refractivity (Wildman–Crippen MR) is 44.0 cm³/mol. The Kier molecular flexibility index (Phi) is 3.01. The Balaban J connectivity index is 2.87. The Hall–Kier alpha value is -1.65. The molecule has 0 fully saturated rings. The van der Waals surface area contributed by atoms with Crippen molar-refractivity contribution < 1.29 is 23.8 Å². The number of carboxylic acid groups (broad SMARTS) is 1. The number of aliphatic carboxylic acids is 1. The van der Waals surface area contributed by atoms with Gasteiger partial charge in [-0.15, -0.1) is 0 Å². The predicted octanol–water partition coefficient (Wildman–Crippen LogP) is 1.69. The maximum atomic E-state index is 12.9. The van der Waals surface area contributed by atoms with Gasteiger partial charge in [-0.3, -0.25) is 4.79 Å². The minimum Gasteiger partial charge on any atom is -0.505 e. The Labute approximate surface area is 78.6 Å². The molecule has 0 radical (unpaired) electrons. The number of aryl methyl sites for hydroxylation is 1. The summed E-state index contributed by atoms with van der Waals surface area (Å²) >= 11 is 0.